The number of rotatable bonds is 7. The summed E-state index contributed by atoms with van der Waals surface area (Å²) < 4.78 is 5.11. The average Bonchev–Trinajstić information content (AvgIpc) is 2.55. The highest BCUT2D eigenvalue weighted by Gasteiger charge is 2.13. The number of nitrogens with zero attached hydrogens (tertiary/aromatic N) is 1. The van der Waals surface area contributed by atoms with E-state index in [9.17, 15) is 14.4 Å². The van der Waals surface area contributed by atoms with Gasteiger partial charge < -0.3 is 20.0 Å². The van der Waals surface area contributed by atoms with Gasteiger partial charge in [-0.15, -0.1) is 0 Å². The molecule has 1 aromatic carbocycles. The van der Waals surface area contributed by atoms with Gasteiger partial charge in [-0.1, -0.05) is 0 Å². The molecule has 0 aliphatic rings. The molecule has 0 aliphatic carbocycles. The Labute approximate surface area is 123 Å². The van der Waals surface area contributed by atoms with Crippen molar-refractivity contribution in [3.63, 3.8) is 0 Å². The normalized spacial score (nSPS) is 8.90. The van der Waals surface area contributed by atoms with Crippen LogP contribution in [0.15, 0.2) is 24.3 Å². The van der Waals surface area contributed by atoms with Gasteiger partial charge in [-0.05, 0) is 24.3 Å². The van der Waals surface area contributed by atoms with Gasteiger partial charge in [0.2, 0.25) is 0 Å². The number of nitrogens with one attached hydrogen (secondary N) is 1. The van der Waals surface area contributed by atoms with Gasteiger partial charge in [0.25, 0.3) is 0 Å². The minimum atomic E-state index is -0.289. The van der Waals surface area contributed by atoms with Gasteiger partial charge in [-0.3, -0.25) is 9.69 Å². The molecule has 0 fully saturated rings. The average molecular weight is 296 g/mol. The van der Waals surface area contributed by atoms with Crippen LogP contribution in [0.25, 0.3) is 0 Å². The van der Waals surface area contributed by atoms with Crippen LogP contribution in [0.2, 0.25) is 0 Å². The van der Waals surface area contributed by atoms with Crippen molar-refractivity contribution in [3.8, 4) is 5.75 Å². The lowest BCUT2D eigenvalue weighted by Gasteiger charge is -2.21. The molecular formula is C14H20N2O5. The summed E-state index contributed by atoms with van der Waals surface area (Å²) in [7, 11) is 2.53. The number of carbonyl (C=O) groups excluding carboxylic acids is 3. The maximum Gasteiger partial charge on any atom is 0.321 e. The predicted octanol–water partition coefficient (Wildman–Crippen LogP) is 0.608. The fourth-order valence-corrected chi connectivity index (χ4v) is 1.52. The number of benzene rings is 1. The Morgan fingerprint density at radius 3 is 2.33 bits per heavy atom. The van der Waals surface area contributed by atoms with Crippen LogP contribution in [-0.2, 0) is 9.59 Å². The van der Waals surface area contributed by atoms with Gasteiger partial charge in [0.15, 0.2) is 6.29 Å². The second-order valence-corrected chi connectivity index (χ2v) is 3.63. The van der Waals surface area contributed by atoms with Crippen molar-refractivity contribution >= 4 is 24.3 Å². The summed E-state index contributed by atoms with van der Waals surface area (Å²) in [6.07, 6.45) is 1.68. The summed E-state index contributed by atoms with van der Waals surface area (Å²) >= 11 is 0. The van der Waals surface area contributed by atoms with Crippen LogP contribution in [0.5, 0.6) is 5.75 Å². The molecule has 0 spiro atoms. The molecule has 1 rings (SSSR count). The maximum atomic E-state index is 11.7. The maximum absolute atomic E-state index is 11.7. The number of carbonyl (C=O) groups is 3. The third kappa shape index (κ3) is 6.53. The molecule has 0 saturated heterocycles. The van der Waals surface area contributed by atoms with E-state index in [0.29, 0.717) is 24.3 Å². The van der Waals surface area contributed by atoms with E-state index in [4.69, 9.17) is 9.84 Å². The van der Waals surface area contributed by atoms with E-state index in [-0.39, 0.29) is 19.1 Å². The van der Waals surface area contributed by atoms with Crippen LogP contribution in [0.3, 0.4) is 0 Å². The number of aliphatic hydroxyl groups excluding tert-OH is 1. The van der Waals surface area contributed by atoms with E-state index in [1.807, 2.05) is 0 Å². The van der Waals surface area contributed by atoms with Crippen molar-refractivity contribution in [2.45, 2.75) is 6.42 Å². The Morgan fingerprint density at radius 1 is 1.24 bits per heavy atom. The van der Waals surface area contributed by atoms with E-state index < -0.39 is 0 Å². The van der Waals surface area contributed by atoms with Crippen molar-refractivity contribution < 1.29 is 24.2 Å². The molecule has 0 saturated carbocycles. The number of hydrogen-bond donors (Lipinski definition) is 2. The van der Waals surface area contributed by atoms with Gasteiger partial charge >= 0.3 is 6.03 Å². The first kappa shape index (κ1) is 18.6. The lowest BCUT2D eigenvalue weighted by atomic mass is 10.2. The molecule has 0 aliphatic heterocycles. The second kappa shape index (κ2) is 11.4. The van der Waals surface area contributed by atoms with Gasteiger partial charge in [0, 0.05) is 32.8 Å². The zero-order chi connectivity index (χ0) is 16.1. The SMILES string of the molecule is CNC(=O)N(CCC=O)c1ccc(OCC=O)cc1.CO. The first-order valence-corrected chi connectivity index (χ1v) is 6.27. The highest BCUT2D eigenvalue weighted by molar-refractivity contribution is 5.92. The highest BCUT2D eigenvalue weighted by Crippen LogP contribution is 2.19. The van der Waals surface area contributed by atoms with E-state index in [1.54, 1.807) is 24.3 Å². The fraction of sp³-hybridized carbons (Fsp3) is 0.357. The highest BCUT2D eigenvalue weighted by atomic mass is 16.5. The lowest BCUT2D eigenvalue weighted by Crippen LogP contribution is -2.38. The van der Waals surface area contributed by atoms with Crippen LogP contribution in [0.1, 0.15) is 6.42 Å². The molecule has 2 amide bonds. The Bertz CT molecular complexity index is 433. The Hall–Kier alpha value is -2.41. The Balaban J connectivity index is 0.00000191. The smallest absolute Gasteiger partial charge is 0.321 e. The molecule has 0 bridgehead atoms. The first-order chi connectivity index (χ1) is 10.2. The van der Waals surface area contributed by atoms with E-state index >= 15 is 0 Å². The third-order valence-electron chi connectivity index (χ3n) is 2.40. The zero-order valence-corrected chi connectivity index (χ0v) is 12.1. The number of amides is 2. The van der Waals surface area contributed by atoms with E-state index in [0.717, 1.165) is 13.4 Å². The summed E-state index contributed by atoms with van der Waals surface area (Å²) in [4.78, 5) is 33.7. The van der Waals surface area contributed by atoms with Crippen LogP contribution < -0.4 is 15.0 Å². The summed E-state index contributed by atoms with van der Waals surface area (Å²) in [6.45, 7) is 0.293. The quantitative estimate of drug-likeness (QED) is 0.719. The molecule has 7 nitrogen and oxygen atoms in total. The molecule has 0 atom stereocenters. The standard InChI is InChI=1S/C13H16N2O4.CH4O/c1-14-13(18)15(7-2-8-16)11-3-5-12(6-4-11)19-10-9-17;1-2/h3-6,8-9H,2,7,10H2,1H3,(H,14,18);2H,1H3. The van der Waals surface area contributed by atoms with Crippen LogP contribution in [-0.4, -0.2) is 51.0 Å². The van der Waals surface area contributed by atoms with Crippen molar-refractivity contribution in [2.75, 3.05) is 32.2 Å². The van der Waals surface area contributed by atoms with Gasteiger partial charge in [-0.25, -0.2) is 4.79 Å². The molecule has 0 unspecified atom stereocenters. The molecular weight excluding hydrogens is 276 g/mol. The van der Waals surface area contributed by atoms with Crippen molar-refractivity contribution in [2.24, 2.45) is 0 Å². The Morgan fingerprint density at radius 2 is 1.86 bits per heavy atom. The second-order valence-electron chi connectivity index (χ2n) is 3.63. The third-order valence-corrected chi connectivity index (χ3v) is 2.40. The Kier molecular flexibility index (Phi) is 10.1. The van der Waals surface area contributed by atoms with Gasteiger partial charge in [0.1, 0.15) is 18.6 Å². The molecule has 0 heterocycles. The largest absolute Gasteiger partial charge is 0.486 e. The molecule has 116 valence electrons. The molecule has 7 heteroatoms. The van der Waals surface area contributed by atoms with Gasteiger partial charge in [0.05, 0.1) is 0 Å². The number of aldehydes is 2. The minimum absolute atomic E-state index is 0.0103. The topological polar surface area (TPSA) is 95.9 Å². The summed E-state index contributed by atoms with van der Waals surface area (Å²) in [5, 5.41) is 9.51. The van der Waals surface area contributed by atoms with Crippen molar-refractivity contribution in [3.05, 3.63) is 24.3 Å². The molecule has 0 aromatic heterocycles. The van der Waals surface area contributed by atoms with Gasteiger partial charge in [-0.2, -0.15) is 0 Å². The number of hydrogen-bond acceptors (Lipinski definition) is 5. The van der Waals surface area contributed by atoms with Crippen molar-refractivity contribution in [1.82, 2.24) is 5.32 Å². The molecule has 2 N–H and O–H groups in total. The first-order valence-electron chi connectivity index (χ1n) is 6.27. The molecule has 0 radical (unpaired) electrons. The number of urea groups is 1. The number of ether oxygens (including phenoxy) is 1. The summed E-state index contributed by atoms with van der Waals surface area (Å²) in [5.74, 6) is 0.545. The van der Waals surface area contributed by atoms with Crippen LogP contribution in [0.4, 0.5) is 10.5 Å². The lowest BCUT2D eigenvalue weighted by molar-refractivity contribution is -0.109. The summed E-state index contributed by atoms with van der Waals surface area (Å²) in [6, 6.07) is 6.43. The fourth-order valence-electron chi connectivity index (χ4n) is 1.52. The molecule has 1 aromatic rings. The molecule has 21 heavy (non-hydrogen) atoms. The minimum Gasteiger partial charge on any atom is -0.486 e. The zero-order valence-electron chi connectivity index (χ0n) is 12.1. The monoisotopic (exact) mass is 296 g/mol. The van der Waals surface area contributed by atoms with Crippen LogP contribution >= 0.6 is 0 Å². The van der Waals surface area contributed by atoms with Crippen molar-refractivity contribution in [1.29, 1.82) is 0 Å². The van der Waals surface area contributed by atoms with E-state index in [2.05, 4.69) is 5.32 Å². The number of aliphatic hydroxyl groups is 1. The van der Waals surface area contributed by atoms with E-state index in [1.165, 1.54) is 11.9 Å². The van der Waals surface area contributed by atoms with Crippen LogP contribution in [0, 0.1) is 0 Å². The predicted molar refractivity (Wildman–Crippen MR) is 78.6 cm³/mol. The summed E-state index contributed by atoms with van der Waals surface area (Å²) in [5.41, 5.74) is 0.652. The number of anilines is 1.